The van der Waals surface area contributed by atoms with Crippen LogP contribution in [-0.4, -0.2) is 55.5 Å². The van der Waals surface area contributed by atoms with Crippen molar-refractivity contribution < 1.29 is 9.47 Å². The maximum atomic E-state index is 6.08. The molecule has 0 radical (unpaired) electrons. The van der Waals surface area contributed by atoms with E-state index in [1.807, 2.05) is 0 Å². The first-order valence-corrected chi connectivity index (χ1v) is 6.75. The van der Waals surface area contributed by atoms with Crippen LogP contribution in [0.2, 0.25) is 0 Å². The molecule has 2 rings (SSSR count). The molecular formula is C13H26N2O2. The van der Waals surface area contributed by atoms with Crippen LogP contribution in [0.15, 0.2) is 0 Å². The first-order valence-electron chi connectivity index (χ1n) is 6.75. The van der Waals surface area contributed by atoms with Crippen LogP contribution in [0.5, 0.6) is 0 Å². The van der Waals surface area contributed by atoms with E-state index in [1.165, 1.54) is 0 Å². The Balaban J connectivity index is 2.10. The molecule has 0 aromatic heterocycles. The largest absolute Gasteiger partial charge is 0.378 e. The second kappa shape index (κ2) is 5.22. The van der Waals surface area contributed by atoms with Gasteiger partial charge >= 0.3 is 0 Å². The van der Waals surface area contributed by atoms with E-state index in [9.17, 15) is 0 Å². The smallest absolute Gasteiger partial charge is 0.0703 e. The molecule has 4 heteroatoms. The Labute approximate surface area is 104 Å². The minimum absolute atomic E-state index is 0.101. The van der Waals surface area contributed by atoms with Gasteiger partial charge in [-0.15, -0.1) is 0 Å². The summed E-state index contributed by atoms with van der Waals surface area (Å²) in [7, 11) is 2.21. The maximum Gasteiger partial charge on any atom is 0.0703 e. The molecule has 0 spiro atoms. The lowest BCUT2D eigenvalue weighted by atomic mass is 9.83. The lowest BCUT2D eigenvalue weighted by Crippen LogP contribution is -2.60. The summed E-state index contributed by atoms with van der Waals surface area (Å²) in [6.07, 6.45) is 3.82. The topological polar surface area (TPSA) is 47.7 Å². The molecule has 2 saturated heterocycles. The molecule has 2 aliphatic rings. The number of nitrogens with two attached hydrogens (primary N) is 1. The third-order valence-electron chi connectivity index (χ3n) is 4.60. The molecule has 2 heterocycles. The SMILES string of the molecule is CC1CC(CN)(N(C)C2CCOC2C)CCO1. The molecule has 2 N–H and O–H groups in total. The van der Waals surface area contributed by atoms with Crippen molar-refractivity contribution in [3.05, 3.63) is 0 Å². The van der Waals surface area contributed by atoms with Gasteiger partial charge in [0, 0.05) is 31.3 Å². The number of nitrogens with zero attached hydrogens (tertiary/aromatic N) is 1. The van der Waals surface area contributed by atoms with Crippen molar-refractivity contribution in [3.8, 4) is 0 Å². The average Bonchev–Trinajstić information content (AvgIpc) is 2.74. The molecule has 0 saturated carbocycles. The third kappa shape index (κ3) is 2.50. The first kappa shape index (κ1) is 13.3. The minimum atomic E-state index is 0.101. The van der Waals surface area contributed by atoms with Gasteiger partial charge in [0.25, 0.3) is 0 Å². The van der Waals surface area contributed by atoms with Crippen LogP contribution in [0.4, 0.5) is 0 Å². The van der Waals surface area contributed by atoms with Gasteiger partial charge in [0.1, 0.15) is 0 Å². The number of ether oxygens (including phenoxy) is 2. The molecule has 4 atom stereocenters. The van der Waals surface area contributed by atoms with Crippen molar-refractivity contribution in [2.45, 2.75) is 56.9 Å². The Bertz CT molecular complexity index is 262. The van der Waals surface area contributed by atoms with Crippen LogP contribution in [0.1, 0.15) is 33.1 Å². The molecule has 0 aromatic rings. The lowest BCUT2D eigenvalue weighted by molar-refractivity contribution is -0.0749. The van der Waals surface area contributed by atoms with E-state index >= 15 is 0 Å². The molecule has 17 heavy (non-hydrogen) atoms. The Kier molecular flexibility index (Phi) is 4.08. The van der Waals surface area contributed by atoms with Crippen molar-refractivity contribution in [1.82, 2.24) is 4.90 Å². The highest BCUT2D eigenvalue weighted by Gasteiger charge is 2.43. The molecule has 2 aliphatic heterocycles. The Morgan fingerprint density at radius 2 is 2.06 bits per heavy atom. The Hall–Kier alpha value is -0.160. The van der Waals surface area contributed by atoms with Gasteiger partial charge in [-0.2, -0.15) is 0 Å². The number of hydrogen-bond acceptors (Lipinski definition) is 4. The van der Waals surface area contributed by atoms with Gasteiger partial charge in [0.2, 0.25) is 0 Å². The minimum Gasteiger partial charge on any atom is -0.378 e. The zero-order valence-corrected chi connectivity index (χ0v) is 11.3. The number of hydrogen-bond donors (Lipinski definition) is 1. The predicted molar refractivity (Wildman–Crippen MR) is 68.0 cm³/mol. The lowest BCUT2D eigenvalue weighted by Gasteiger charge is -2.48. The van der Waals surface area contributed by atoms with Crippen molar-refractivity contribution in [2.75, 3.05) is 26.8 Å². The fourth-order valence-corrected chi connectivity index (χ4v) is 3.38. The van der Waals surface area contributed by atoms with Crippen LogP contribution < -0.4 is 5.73 Å². The fraction of sp³-hybridized carbons (Fsp3) is 1.00. The van der Waals surface area contributed by atoms with Gasteiger partial charge in [-0.1, -0.05) is 0 Å². The summed E-state index contributed by atoms with van der Waals surface area (Å²) in [4.78, 5) is 2.48. The third-order valence-corrected chi connectivity index (χ3v) is 4.60. The Morgan fingerprint density at radius 1 is 1.29 bits per heavy atom. The van der Waals surface area contributed by atoms with Gasteiger partial charge in [0.05, 0.1) is 12.2 Å². The van der Waals surface area contributed by atoms with E-state index in [1.54, 1.807) is 0 Å². The molecule has 0 aromatic carbocycles. The summed E-state index contributed by atoms with van der Waals surface area (Å²) in [6.45, 7) is 6.72. The van der Waals surface area contributed by atoms with Crippen molar-refractivity contribution >= 4 is 0 Å². The summed E-state index contributed by atoms with van der Waals surface area (Å²) >= 11 is 0. The van der Waals surface area contributed by atoms with Crippen LogP contribution in [0, 0.1) is 0 Å². The quantitative estimate of drug-likeness (QED) is 0.802. The van der Waals surface area contributed by atoms with Crippen LogP contribution in [0.25, 0.3) is 0 Å². The normalized spacial score (nSPS) is 43.2. The van der Waals surface area contributed by atoms with E-state index < -0.39 is 0 Å². The fourth-order valence-electron chi connectivity index (χ4n) is 3.38. The van der Waals surface area contributed by atoms with Gasteiger partial charge in [-0.25, -0.2) is 0 Å². The zero-order valence-electron chi connectivity index (χ0n) is 11.3. The molecule has 4 nitrogen and oxygen atoms in total. The summed E-state index contributed by atoms with van der Waals surface area (Å²) in [6, 6.07) is 0.504. The molecular weight excluding hydrogens is 216 g/mol. The first-order chi connectivity index (χ1) is 8.09. The summed E-state index contributed by atoms with van der Waals surface area (Å²) < 4.78 is 11.3. The summed E-state index contributed by atoms with van der Waals surface area (Å²) in [5.41, 5.74) is 6.18. The van der Waals surface area contributed by atoms with Crippen molar-refractivity contribution in [2.24, 2.45) is 5.73 Å². The van der Waals surface area contributed by atoms with Gasteiger partial charge in [-0.3, -0.25) is 4.90 Å². The standard InChI is InChI=1S/C13H26N2O2/c1-10-8-13(9-14,5-7-16-10)15(3)12-4-6-17-11(12)2/h10-12H,4-9,14H2,1-3H3. The highest BCUT2D eigenvalue weighted by Crippen LogP contribution is 2.33. The van der Waals surface area contributed by atoms with Crippen molar-refractivity contribution in [3.63, 3.8) is 0 Å². The average molecular weight is 242 g/mol. The number of likely N-dealkylation sites (N-methyl/N-ethyl adjacent to an activating group) is 1. The molecule has 100 valence electrons. The monoisotopic (exact) mass is 242 g/mol. The second-order valence-electron chi connectivity index (χ2n) is 5.61. The van der Waals surface area contributed by atoms with Crippen LogP contribution in [0.3, 0.4) is 0 Å². The predicted octanol–water partition coefficient (Wildman–Crippen LogP) is 0.992. The van der Waals surface area contributed by atoms with Gasteiger partial charge < -0.3 is 15.2 Å². The van der Waals surface area contributed by atoms with Gasteiger partial charge in [0.15, 0.2) is 0 Å². The molecule has 4 unspecified atom stereocenters. The van der Waals surface area contributed by atoms with E-state index in [4.69, 9.17) is 15.2 Å². The Morgan fingerprint density at radius 3 is 2.59 bits per heavy atom. The summed E-state index contributed by atoms with van der Waals surface area (Å²) in [5.74, 6) is 0. The van der Waals surface area contributed by atoms with E-state index in [0.29, 0.717) is 24.8 Å². The maximum absolute atomic E-state index is 6.08. The summed E-state index contributed by atoms with van der Waals surface area (Å²) in [5, 5.41) is 0. The van der Waals surface area contributed by atoms with Gasteiger partial charge in [-0.05, 0) is 40.2 Å². The highest BCUT2D eigenvalue weighted by atomic mass is 16.5. The molecule has 0 amide bonds. The van der Waals surface area contributed by atoms with Crippen LogP contribution >= 0.6 is 0 Å². The zero-order chi connectivity index (χ0) is 12.5. The molecule has 0 aliphatic carbocycles. The van der Waals surface area contributed by atoms with E-state index in [-0.39, 0.29) is 5.54 Å². The van der Waals surface area contributed by atoms with E-state index in [2.05, 4.69) is 25.8 Å². The highest BCUT2D eigenvalue weighted by molar-refractivity contribution is 4.98. The number of rotatable bonds is 3. The molecule has 2 fully saturated rings. The molecule has 0 bridgehead atoms. The van der Waals surface area contributed by atoms with E-state index in [0.717, 1.165) is 32.5 Å². The van der Waals surface area contributed by atoms with Crippen LogP contribution in [-0.2, 0) is 9.47 Å². The van der Waals surface area contributed by atoms with Crippen molar-refractivity contribution in [1.29, 1.82) is 0 Å². The second-order valence-corrected chi connectivity index (χ2v) is 5.61.